The number of pyridine rings is 1. The van der Waals surface area contributed by atoms with E-state index in [1.54, 1.807) is 41.8 Å². The van der Waals surface area contributed by atoms with Crippen molar-refractivity contribution in [3.63, 3.8) is 0 Å². The highest BCUT2D eigenvalue weighted by Crippen LogP contribution is 2.17. The number of fused-ring (bicyclic) bond motifs is 1. The Morgan fingerprint density at radius 1 is 1.09 bits per heavy atom. The molecule has 0 saturated carbocycles. The van der Waals surface area contributed by atoms with E-state index in [0.717, 1.165) is 15.6 Å². The van der Waals surface area contributed by atoms with Gasteiger partial charge in [-0.3, -0.25) is 14.0 Å². The zero-order valence-electron chi connectivity index (χ0n) is 18.4. The molecule has 8 nitrogen and oxygen atoms in total. The normalized spacial score (nSPS) is 11.0. The van der Waals surface area contributed by atoms with Crippen LogP contribution in [0, 0.1) is 6.92 Å². The maximum atomic E-state index is 12.6. The van der Waals surface area contributed by atoms with Gasteiger partial charge in [-0.05, 0) is 70.4 Å². The van der Waals surface area contributed by atoms with Crippen LogP contribution in [-0.2, 0) is 11.3 Å². The van der Waals surface area contributed by atoms with Gasteiger partial charge in [0.25, 0.3) is 11.8 Å². The van der Waals surface area contributed by atoms with Crippen molar-refractivity contribution in [2.24, 2.45) is 5.10 Å². The minimum Gasteiger partial charge on any atom is -0.484 e. The molecule has 0 aliphatic rings. The van der Waals surface area contributed by atoms with E-state index in [2.05, 4.69) is 36.8 Å². The number of carbonyl (C=O) groups is 2. The number of aryl methyl sites for hydroxylation is 1. The molecule has 0 spiro atoms. The molecule has 0 aliphatic carbocycles. The zero-order chi connectivity index (χ0) is 23.9. The summed E-state index contributed by atoms with van der Waals surface area (Å²) in [6.45, 7) is 2.15. The van der Waals surface area contributed by atoms with Crippen molar-refractivity contribution < 1.29 is 14.3 Å². The van der Waals surface area contributed by atoms with E-state index in [-0.39, 0.29) is 18.4 Å². The van der Waals surface area contributed by atoms with Gasteiger partial charge in [-0.25, -0.2) is 10.4 Å². The molecule has 0 atom stereocenters. The number of hydrogen-bond donors (Lipinski definition) is 2. The predicted molar refractivity (Wildman–Crippen MR) is 133 cm³/mol. The topological polar surface area (TPSA) is 97.1 Å². The highest BCUT2D eigenvalue weighted by molar-refractivity contribution is 9.10. The largest absolute Gasteiger partial charge is 0.484 e. The number of rotatable bonds is 8. The second-order valence-electron chi connectivity index (χ2n) is 7.44. The molecule has 0 saturated heterocycles. The summed E-state index contributed by atoms with van der Waals surface area (Å²) in [4.78, 5) is 29.0. The first-order valence-electron chi connectivity index (χ1n) is 10.5. The van der Waals surface area contributed by atoms with Crippen molar-refractivity contribution in [2.45, 2.75) is 13.5 Å². The molecule has 2 aromatic carbocycles. The van der Waals surface area contributed by atoms with E-state index in [0.29, 0.717) is 29.3 Å². The minimum absolute atomic E-state index is 0.0783. The summed E-state index contributed by atoms with van der Waals surface area (Å²) >= 11 is 3.41. The Morgan fingerprint density at radius 3 is 2.62 bits per heavy atom. The average molecular weight is 520 g/mol. The summed E-state index contributed by atoms with van der Waals surface area (Å²) in [5.74, 6) is -0.00396. The van der Waals surface area contributed by atoms with Crippen LogP contribution in [0.2, 0.25) is 0 Å². The summed E-state index contributed by atoms with van der Waals surface area (Å²) < 4.78 is 8.08. The number of halogens is 1. The monoisotopic (exact) mass is 519 g/mol. The van der Waals surface area contributed by atoms with E-state index >= 15 is 0 Å². The molecular weight excluding hydrogens is 498 g/mol. The van der Waals surface area contributed by atoms with Gasteiger partial charge in [0, 0.05) is 17.2 Å². The summed E-state index contributed by atoms with van der Waals surface area (Å²) in [5.41, 5.74) is 6.04. The molecule has 0 aliphatic heterocycles. The third-order valence-electron chi connectivity index (χ3n) is 4.93. The van der Waals surface area contributed by atoms with Gasteiger partial charge in [0.2, 0.25) is 0 Å². The summed E-state index contributed by atoms with van der Waals surface area (Å²) in [7, 11) is 0. The lowest BCUT2D eigenvalue weighted by Crippen LogP contribution is -2.28. The Balaban J connectivity index is 1.28. The first-order valence-corrected chi connectivity index (χ1v) is 11.3. The Kier molecular flexibility index (Phi) is 7.34. The molecule has 0 unspecified atom stereocenters. The van der Waals surface area contributed by atoms with Crippen LogP contribution >= 0.6 is 15.9 Å². The third kappa shape index (κ3) is 5.87. The van der Waals surface area contributed by atoms with Crippen LogP contribution in [0.3, 0.4) is 0 Å². The number of nitrogens with one attached hydrogen (secondary N) is 2. The van der Waals surface area contributed by atoms with Gasteiger partial charge in [-0.2, -0.15) is 5.10 Å². The van der Waals surface area contributed by atoms with E-state index in [1.807, 2.05) is 42.5 Å². The molecule has 172 valence electrons. The van der Waals surface area contributed by atoms with Gasteiger partial charge >= 0.3 is 0 Å². The Morgan fingerprint density at radius 2 is 1.85 bits per heavy atom. The van der Waals surface area contributed by atoms with Crippen LogP contribution < -0.4 is 15.5 Å². The molecule has 4 rings (SSSR count). The Bertz CT molecular complexity index is 1330. The molecule has 2 heterocycles. The van der Waals surface area contributed by atoms with Crippen molar-refractivity contribution in [3.05, 3.63) is 99.9 Å². The molecule has 2 amide bonds. The number of imidazole rings is 1. The van der Waals surface area contributed by atoms with E-state index in [4.69, 9.17) is 4.74 Å². The molecule has 34 heavy (non-hydrogen) atoms. The lowest BCUT2D eigenvalue weighted by Gasteiger charge is -2.08. The third-order valence-corrected chi connectivity index (χ3v) is 5.40. The highest BCUT2D eigenvalue weighted by atomic mass is 79.9. The minimum atomic E-state index is -0.360. The summed E-state index contributed by atoms with van der Waals surface area (Å²) in [6.07, 6.45) is 3.32. The van der Waals surface area contributed by atoms with Crippen molar-refractivity contribution in [1.82, 2.24) is 20.1 Å². The maximum Gasteiger partial charge on any atom is 0.290 e. The average Bonchev–Trinajstić information content (AvgIpc) is 3.17. The summed E-state index contributed by atoms with van der Waals surface area (Å²) in [6, 6.07) is 20.4. The van der Waals surface area contributed by atoms with Crippen molar-refractivity contribution in [3.8, 4) is 5.75 Å². The van der Waals surface area contributed by atoms with Crippen LogP contribution in [0.25, 0.3) is 5.65 Å². The standard InChI is InChI=1S/C25H22BrN5O3/c1-17-24(31-15-20(26)9-12-22(31)29-17)25(33)30-28-14-19-7-10-21(11-8-19)34-16-23(32)27-13-18-5-3-2-4-6-18/h2-12,14-15H,13,16H2,1H3,(H,27,32)(H,30,33)/b28-14-. The van der Waals surface area contributed by atoms with Crippen LogP contribution in [0.5, 0.6) is 5.75 Å². The van der Waals surface area contributed by atoms with Crippen LogP contribution in [0.15, 0.2) is 82.5 Å². The molecule has 0 bridgehead atoms. The van der Waals surface area contributed by atoms with Gasteiger partial charge < -0.3 is 10.1 Å². The fourth-order valence-corrected chi connectivity index (χ4v) is 3.61. The van der Waals surface area contributed by atoms with Crippen LogP contribution in [0.4, 0.5) is 0 Å². The number of benzene rings is 2. The van der Waals surface area contributed by atoms with Gasteiger partial charge in [0.1, 0.15) is 17.1 Å². The number of ether oxygens (including phenoxy) is 1. The molecule has 2 aromatic heterocycles. The van der Waals surface area contributed by atoms with Gasteiger partial charge in [-0.15, -0.1) is 0 Å². The fraction of sp³-hybridized carbons (Fsp3) is 0.120. The van der Waals surface area contributed by atoms with Crippen LogP contribution in [-0.4, -0.2) is 34.0 Å². The van der Waals surface area contributed by atoms with Crippen molar-refractivity contribution in [1.29, 1.82) is 0 Å². The van der Waals surface area contributed by atoms with Crippen LogP contribution in [0.1, 0.15) is 27.3 Å². The van der Waals surface area contributed by atoms with E-state index < -0.39 is 0 Å². The maximum absolute atomic E-state index is 12.6. The Labute approximate surface area is 204 Å². The number of amides is 2. The van der Waals surface area contributed by atoms with Crippen molar-refractivity contribution >= 4 is 39.6 Å². The van der Waals surface area contributed by atoms with Crippen molar-refractivity contribution in [2.75, 3.05) is 6.61 Å². The SMILES string of the molecule is Cc1nc2ccc(Br)cn2c1C(=O)N/N=C\c1ccc(OCC(=O)NCc2ccccc2)cc1. The Hall–Kier alpha value is -3.98. The highest BCUT2D eigenvalue weighted by Gasteiger charge is 2.16. The second kappa shape index (κ2) is 10.8. The molecule has 0 fully saturated rings. The number of nitrogens with zero attached hydrogens (tertiary/aromatic N) is 3. The molecule has 4 aromatic rings. The van der Waals surface area contributed by atoms with E-state index in [1.165, 1.54) is 6.21 Å². The number of aromatic nitrogens is 2. The zero-order valence-corrected chi connectivity index (χ0v) is 20.0. The quantitative estimate of drug-likeness (QED) is 0.272. The second-order valence-corrected chi connectivity index (χ2v) is 8.36. The predicted octanol–water partition coefficient (Wildman–Crippen LogP) is 3.86. The van der Waals surface area contributed by atoms with E-state index in [9.17, 15) is 9.59 Å². The molecule has 0 radical (unpaired) electrons. The number of carbonyl (C=O) groups excluding carboxylic acids is 2. The fourth-order valence-electron chi connectivity index (χ4n) is 3.27. The van der Waals surface area contributed by atoms with Gasteiger partial charge in [-0.1, -0.05) is 30.3 Å². The van der Waals surface area contributed by atoms with Gasteiger partial charge in [0.15, 0.2) is 6.61 Å². The number of hydrazone groups is 1. The first-order chi connectivity index (χ1) is 16.5. The molecule has 9 heteroatoms. The smallest absolute Gasteiger partial charge is 0.290 e. The lowest BCUT2D eigenvalue weighted by atomic mass is 10.2. The molecule has 2 N–H and O–H groups in total. The molecular formula is C25H22BrN5O3. The first kappa shape index (κ1) is 23.2. The lowest BCUT2D eigenvalue weighted by molar-refractivity contribution is -0.123. The van der Waals surface area contributed by atoms with Gasteiger partial charge in [0.05, 0.1) is 11.9 Å². The summed E-state index contributed by atoms with van der Waals surface area (Å²) in [5, 5.41) is 6.86. The number of hydrogen-bond acceptors (Lipinski definition) is 5.